The van der Waals surface area contributed by atoms with Crippen LogP contribution in [0.15, 0.2) is 42.1 Å². The van der Waals surface area contributed by atoms with Gasteiger partial charge in [-0.25, -0.2) is 0 Å². The van der Waals surface area contributed by atoms with Crippen LogP contribution in [0.1, 0.15) is 100 Å². The Morgan fingerprint density at radius 1 is 1.16 bits per heavy atom. The van der Waals surface area contributed by atoms with E-state index in [-0.39, 0.29) is 11.0 Å². The maximum absolute atomic E-state index is 10.6. The van der Waals surface area contributed by atoms with Crippen molar-refractivity contribution in [1.82, 2.24) is 15.1 Å². The van der Waals surface area contributed by atoms with E-state index in [2.05, 4.69) is 58.6 Å². The minimum absolute atomic E-state index is 0.0988. The van der Waals surface area contributed by atoms with Crippen LogP contribution in [0.3, 0.4) is 0 Å². The molecule has 0 amide bonds. The Kier molecular flexibility index (Phi) is 7.26. The van der Waals surface area contributed by atoms with Crippen molar-refractivity contribution in [2.75, 3.05) is 39.8 Å². The Bertz CT molecular complexity index is 1070. The van der Waals surface area contributed by atoms with Gasteiger partial charge in [0.1, 0.15) is 0 Å². The molecule has 1 saturated carbocycles. The first-order chi connectivity index (χ1) is 18.3. The van der Waals surface area contributed by atoms with E-state index < -0.39 is 5.60 Å². The van der Waals surface area contributed by atoms with E-state index in [9.17, 15) is 5.11 Å². The summed E-state index contributed by atoms with van der Waals surface area (Å²) in [6.07, 6.45) is 18.9. The van der Waals surface area contributed by atoms with Crippen LogP contribution in [0, 0.1) is 5.41 Å². The Hall–Kier alpha value is -1.66. The van der Waals surface area contributed by atoms with Crippen molar-refractivity contribution in [1.29, 1.82) is 0 Å². The minimum atomic E-state index is -0.660. The van der Waals surface area contributed by atoms with Gasteiger partial charge in [0.15, 0.2) is 0 Å². The van der Waals surface area contributed by atoms with Crippen LogP contribution >= 0.6 is 0 Å². The summed E-state index contributed by atoms with van der Waals surface area (Å²) in [6, 6.07) is 7.84. The monoisotopic (exact) mass is 519 g/mol. The third kappa shape index (κ3) is 5.12. The number of nitrogens with zero attached hydrogens (tertiary/aromatic N) is 2. The van der Waals surface area contributed by atoms with Crippen LogP contribution in [-0.4, -0.2) is 65.9 Å². The summed E-state index contributed by atoms with van der Waals surface area (Å²) in [4.78, 5) is 5.03. The Morgan fingerprint density at radius 3 is 2.79 bits per heavy atom. The van der Waals surface area contributed by atoms with Crippen LogP contribution in [0.4, 0.5) is 0 Å². The molecule has 2 aliphatic carbocycles. The summed E-state index contributed by atoms with van der Waals surface area (Å²) in [6.45, 7) is 8.62. The van der Waals surface area contributed by atoms with Crippen molar-refractivity contribution >= 4 is 0 Å². The minimum Gasteiger partial charge on any atom is -0.389 e. The molecule has 5 aliphatic rings. The van der Waals surface area contributed by atoms with Crippen molar-refractivity contribution < 1.29 is 9.84 Å². The van der Waals surface area contributed by atoms with Crippen molar-refractivity contribution in [3.05, 3.63) is 58.8 Å². The highest BCUT2D eigenvalue weighted by Crippen LogP contribution is 2.53. The van der Waals surface area contributed by atoms with Gasteiger partial charge < -0.3 is 20.1 Å². The standard InChI is InChI=1S/C33H49N3O2/c1-31(2,37)24-36-21-14-25-9-8-10-26-27(12-13-28(36)30(25)26)34-19-17-32(29-11-4-7-20-35(29)3)18-22-38-33(23-32)15-5-6-16-33/h4,7-11,27-28,34,37H,5-6,12-24H2,1-3H3/t27?,28?,32-/m1/s1. The zero-order chi connectivity index (χ0) is 26.4. The second-order valence-electron chi connectivity index (χ2n) is 13.6. The zero-order valence-corrected chi connectivity index (χ0v) is 24.0. The first-order valence-corrected chi connectivity index (χ1v) is 15.3. The molecule has 1 spiro atoms. The zero-order valence-electron chi connectivity index (χ0n) is 24.0. The van der Waals surface area contributed by atoms with Crippen LogP contribution in [-0.2, 0) is 11.2 Å². The van der Waals surface area contributed by atoms with Gasteiger partial charge in [-0.15, -0.1) is 0 Å². The normalized spacial score (nSPS) is 30.9. The number of allylic oxidation sites excluding steroid dienone is 3. The van der Waals surface area contributed by atoms with E-state index in [0.29, 0.717) is 12.1 Å². The van der Waals surface area contributed by atoms with Gasteiger partial charge in [-0.1, -0.05) is 43.2 Å². The lowest BCUT2D eigenvalue weighted by molar-refractivity contribution is -0.119. The average molecular weight is 520 g/mol. The second-order valence-corrected chi connectivity index (χ2v) is 13.6. The molecule has 208 valence electrons. The van der Waals surface area contributed by atoms with Gasteiger partial charge in [0.2, 0.25) is 0 Å². The topological polar surface area (TPSA) is 48.0 Å². The quantitative estimate of drug-likeness (QED) is 0.486. The van der Waals surface area contributed by atoms with Gasteiger partial charge in [0.25, 0.3) is 0 Å². The lowest BCUT2D eigenvalue weighted by atomic mass is 9.67. The Morgan fingerprint density at radius 2 is 2.00 bits per heavy atom. The molecule has 5 heteroatoms. The van der Waals surface area contributed by atoms with Gasteiger partial charge >= 0.3 is 0 Å². The molecule has 1 saturated heterocycles. The molecule has 3 aliphatic heterocycles. The molecule has 3 heterocycles. The molecule has 0 bridgehead atoms. The predicted molar refractivity (Wildman–Crippen MR) is 154 cm³/mol. The molecule has 0 aromatic heterocycles. The summed E-state index contributed by atoms with van der Waals surface area (Å²) in [5, 5.41) is 14.6. The highest BCUT2D eigenvalue weighted by atomic mass is 16.5. The van der Waals surface area contributed by atoms with Gasteiger partial charge in [-0.2, -0.15) is 0 Å². The SMILES string of the molecule is CN1CC=CC=C1[C@]1(CCNC2CCC3c4c(cccc42)CCN3CC(C)(C)O)CCOC2(CCCC2)C1. The molecule has 2 fully saturated rings. The third-order valence-electron chi connectivity index (χ3n) is 10.2. The largest absolute Gasteiger partial charge is 0.389 e. The first-order valence-electron chi connectivity index (χ1n) is 15.3. The van der Waals surface area contributed by atoms with E-state index in [1.807, 2.05) is 13.8 Å². The molecular weight excluding hydrogens is 470 g/mol. The van der Waals surface area contributed by atoms with Crippen molar-refractivity contribution in [2.45, 2.75) is 101 Å². The fraction of sp³-hybridized carbons (Fsp3) is 0.697. The van der Waals surface area contributed by atoms with E-state index in [1.165, 1.54) is 61.8 Å². The fourth-order valence-electron chi connectivity index (χ4n) is 8.66. The van der Waals surface area contributed by atoms with E-state index >= 15 is 0 Å². The molecule has 1 aromatic carbocycles. The average Bonchev–Trinajstić information content (AvgIpc) is 3.33. The maximum Gasteiger partial charge on any atom is 0.0718 e. The number of hydrogen-bond acceptors (Lipinski definition) is 5. The van der Waals surface area contributed by atoms with Gasteiger partial charge in [-0.3, -0.25) is 4.90 Å². The first kappa shape index (κ1) is 26.6. The third-order valence-corrected chi connectivity index (χ3v) is 10.2. The molecular formula is C33H49N3O2. The van der Waals surface area contributed by atoms with Crippen molar-refractivity contribution in [3.8, 4) is 0 Å². The van der Waals surface area contributed by atoms with Crippen LogP contribution in [0.25, 0.3) is 0 Å². The number of nitrogens with one attached hydrogen (secondary N) is 1. The molecule has 6 rings (SSSR count). The maximum atomic E-state index is 10.6. The number of benzene rings is 1. The number of likely N-dealkylation sites (N-methyl/N-ethyl adjacent to an activating group) is 1. The molecule has 1 aromatic rings. The van der Waals surface area contributed by atoms with E-state index in [4.69, 9.17) is 4.74 Å². The number of hydrogen-bond donors (Lipinski definition) is 2. The van der Waals surface area contributed by atoms with Gasteiger partial charge in [0, 0.05) is 56.5 Å². The van der Waals surface area contributed by atoms with Gasteiger partial charge in [0.05, 0.1) is 11.2 Å². The fourth-order valence-corrected chi connectivity index (χ4v) is 8.66. The van der Waals surface area contributed by atoms with Crippen LogP contribution in [0.5, 0.6) is 0 Å². The molecule has 3 atom stereocenters. The predicted octanol–water partition coefficient (Wildman–Crippen LogP) is 5.67. The lowest BCUT2D eigenvalue weighted by Gasteiger charge is -2.50. The van der Waals surface area contributed by atoms with Gasteiger partial charge in [-0.05, 0) is 94.5 Å². The summed E-state index contributed by atoms with van der Waals surface area (Å²) in [7, 11) is 2.28. The molecule has 38 heavy (non-hydrogen) atoms. The number of rotatable bonds is 7. The van der Waals surface area contributed by atoms with E-state index in [0.717, 1.165) is 52.0 Å². The molecule has 0 radical (unpaired) electrons. The summed E-state index contributed by atoms with van der Waals surface area (Å²) >= 11 is 0. The molecule has 2 unspecified atom stereocenters. The second kappa shape index (κ2) is 10.4. The smallest absolute Gasteiger partial charge is 0.0718 e. The summed E-state index contributed by atoms with van der Waals surface area (Å²) in [5.74, 6) is 0. The van der Waals surface area contributed by atoms with Crippen LogP contribution < -0.4 is 5.32 Å². The number of β-amino-alcohol motifs (C(OH)–C–C–N with tert-alkyl or cyclic N) is 1. The Labute approximate surface area is 230 Å². The van der Waals surface area contributed by atoms with E-state index in [1.54, 1.807) is 5.56 Å². The summed E-state index contributed by atoms with van der Waals surface area (Å²) in [5.41, 5.74) is 5.73. The van der Waals surface area contributed by atoms with Crippen molar-refractivity contribution in [3.63, 3.8) is 0 Å². The van der Waals surface area contributed by atoms with Crippen LogP contribution in [0.2, 0.25) is 0 Å². The highest BCUT2D eigenvalue weighted by molar-refractivity contribution is 5.43. The highest BCUT2D eigenvalue weighted by Gasteiger charge is 2.49. The number of aliphatic hydroxyl groups is 1. The lowest BCUT2D eigenvalue weighted by Crippen LogP contribution is -2.49. The van der Waals surface area contributed by atoms with Crippen molar-refractivity contribution in [2.24, 2.45) is 5.41 Å². The molecule has 5 nitrogen and oxygen atoms in total. The molecule has 2 N–H and O–H groups in total. The number of ether oxygens (including phenoxy) is 1. The Balaban J connectivity index is 1.20. The summed E-state index contributed by atoms with van der Waals surface area (Å²) < 4.78 is 6.53.